The standard InChI is InChI=1S/C23H29N3O2/c1-17-9-11-19(12-10-17)24-23(28)22-20-8-5-14-25(20)16-21(27)26(22)15-13-18-6-3-2-4-7-18/h2-8,14,17,19,22H,9-13,15-16H2,1H3,(H,24,28). The van der Waals surface area contributed by atoms with Crippen LogP contribution in [0.15, 0.2) is 48.7 Å². The summed E-state index contributed by atoms with van der Waals surface area (Å²) in [6, 6.07) is 13.7. The maximum atomic E-state index is 13.3. The highest BCUT2D eigenvalue weighted by Gasteiger charge is 2.38. The molecule has 0 bridgehead atoms. The number of aromatic nitrogens is 1. The molecule has 1 saturated carbocycles. The summed E-state index contributed by atoms with van der Waals surface area (Å²) in [6.07, 6.45) is 7.00. The summed E-state index contributed by atoms with van der Waals surface area (Å²) in [5.74, 6) is 0.710. The Morgan fingerprint density at radius 2 is 1.82 bits per heavy atom. The highest BCUT2D eigenvalue weighted by Crippen LogP contribution is 2.29. The van der Waals surface area contributed by atoms with Gasteiger partial charge in [-0.05, 0) is 55.7 Å². The fourth-order valence-electron chi connectivity index (χ4n) is 4.47. The van der Waals surface area contributed by atoms with Gasteiger partial charge in [0, 0.05) is 18.8 Å². The van der Waals surface area contributed by atoms with Crippen molar-refractivity contribution < 1.29 is 9.59 Å². The van der Waals surface area contributed by atoms with Crippen molar-refractivity contribution in [2.45, 2.75) is 57.7 Å². The number of hydrogen-bond donors (Lipinski definition) is 1. The number of amides is 2. The van der Waals surface area contributed by atoms with Gasteiger partial charge >= 0.3 is 0 Å². The molecule has 2 aromatic rings. The van der Waals surface area contributed by atoms with Crippen LogP contribution in [0, 0.1) is 5.92 Å². The second-order valence-corrected chi connectivity index (χ2v) is 8.25. The van der Waals surface area contributed by atoms with Crippen molar-refractivity contribution in [3.8, 4) is 0 Å². The van der Waals surface area contributed by atoms with Gasteiger partial charge in [0.25, 0.3) is 0 Å². The van der Waals surface area contributed by atoms with Crippen molar-refractivity contribution in [2.75, 3.05) is 6.54 Å². The first-order valence-electron chi connectivity index (χ1n) is 10.4. The average Bonchev–Trinajstić information content (AvgIpc) is 3.16. The number of carbonyl (C=O) groups is 2. The van der Waals surface area contributed by atoms with Gasteiger partial charge in [-0.25, -0.2) is 0 Å². The molecule has 2 heterocycles. The van der Waals surface area contributed by atoms with E-state index < -0.39 is 6.04 Å². The summed E-state index contributed by atoms with van der Waals surface area (Å²) in [7, 11) is 0. The minimum absolute atomic E-state index is 0.0112. The van der Waals surface area contributed by atoms with Gasteiger partial charge in [-0.1, -0.05) is 37.3 Å². The maximum Gasteiger partial charge on any atom is 0.249 e. The molecule has 1 aromatic heterocycles. The molecule has 1 aliphatic carbocycles. The number of hydrogen-bond acceptors (Lipinski definition) is 2. The second-order valence-electron chi connectivity index (χ2n) is 8.25. The van der Waals surface area contributed by atoms with Crippen LogP contribution in [-0.4, -0.2) is 33.9 Å². The smallest absolute Gasteiger partial charge is 0.249 e. The monoisotopic (exact) mass is 379 g/mol. The molecule has 0 saturated heterocycles. The fraction of sp³-hybridized carbons (Fsp3) is 0.478. The van der Waals surface area contributed by atoms with Gasteiger partial charge in [-0.15, -0.1) is 0 Å². The van der Waals surface area contributed by atoms with Gasteiger partial charge in [0.15, 0.2) is 6.04 Å². The van der Waals surface area contributed by atoms with Crippen molar-refractivity contribution >= 4 is 11.8 Å². The van der Waals surface area contributed by atoms with E-state index >= 15 is 0 Å². The van der Waals surface area contributed by atoms with E-state index in [0.29, 0.717) is 13.1 Å². The van der Waals surface area contributed by atoms with Crippen LogP contribution in [0.5, 0.6) is 0 Å². The Bertz CT molecular complexity index is 821. The van der Waals surface area contributed by atoms with Gasteiger partial charge in [-0.2, -0.15) is 0 Å². The summed E-state index contributed by atoms with van der Waals surface area (Å²) in [6.45, 7) is 3.13. The Hall–Kier alpha value is -2.56. The topological polar surface area (TPSA) is 54.3 Å². The third-order valence-corrected chi connectivity index (χ3v) is 6.18. The Kier molecular flexibility index (Phi) is 5.51. The summed E-state index contributed by atoms with van der Waals surface area (Å²) in [5.41, 5.74) is 2.09. The first-order chi connectivity index (χ1) is 13.6. The maximum absolute atomic E-state index is 13.3. The minimum Gasteiger partial charge on any atom is -0.351 e. The SMILES string of the molecule is CC1CCC(NC(=O)C2c3cccn3CC(=O)N2CCc2ccccc2)CC1. The molecule has 1 atom stereocenters. The van der Waals surface area contributed by atoms with Crippen LogP contribution in [0.3, 0.4) is 0 Å². The molecule has 0 spiro atoms. The van der Waals surface area contributed by atoms with Gasteiger partial charge in [0.2, 0.25) is 11.8 Å². The molecule has 1 aromatic carbocycles. The molecule has 1 aliphatic heterocycles. The van der Waals surface area contributed by atoms with Gasteiger partial charge in [-0.3, -0.25) is 9.59 Å². The molecule has 1 N–H and O–H groups in total. The first-order valence-corrected chi connectivity index (χ1v) is 10.4. The number of nitrogens with zero attached hydrogens (tertiary/aromatic N) is 2. The largest absolute Gasteiger partial charge is 0.351 e. The average molecular weight is 380 g/mol. The van der Waals surface area contributed by atoms with E-state index in [4.69, 9.17) is 0 Å². The van der Waals surface area contributed by atoms with Crippen molar-refractivity contribution in [1.82, 2.24) is 14.8 Å². The minimum atomic E-state index is -0.542. The predicted molar refractivity (Wildman–Crippen MR) is 109 cm³/mol. The summed E-state index contributed by atoms with van der Waals surface area (Å²) < 4.78 is 1.91. The molecule has 0 radical (unpaired) electrons. The lowest BCUT2D eigenvalue weighted by atomic mass is 9.87. The van der Waals surface area contributed by atoms with Gasteiger partial charge < -0.3 is 14.8 Å². The Labute approximate surface area is 166 Å². The molecule has 4 rings (SSSR count). The summed E-state index contributed by atoms with van der Waals surface area (Å²) in [5, 5.41) is 3.24. The number of carbonyl (C=O) groups excluding carboxylic acids is 2. The zero-order valence-electron chi connectivity index (χ0n) is 16.5. The molecule has 28 heavy (non-hydrogen) atoms. The lowest BCUT2D eigenvalue weighted by Crippen LogP contribution is -2.51. The highest BCUT2D eigenvalue weighted by atomic mass is 16.2. The van der Waals surface area contributed by atoms with Crippen LogP contribution in [0.2, 0.25) is 0 Å². The van der Waals surface area contributed by atoms with E-state index in [1.54, 1.807) is 4.90 Å². The lowest BCUT2D eigenvalue weighted by molar-refractivity contribution is -0.144. The Morgan fingerprint density at radius 1 is 1.07 bits per heavy atom. The summed E-state index contributed by atoms with van der Waals surface area (Å²) in [4.78, 5) is 27.9. The third kappa shape index (κ3) is 3.98. The Morgan fingerprint density at radius 3 is 2.57 bits per heavy atom. The van der Waals surface area contributed by atoms with E-state index in [1.807, 2.05) is 41.1 Å². The number of rotatable bonds is 5. The van der Waals surface area contributed by atoms with Crippen molar-refractivity contribution in [2.24, 2.45) is 5.92 Å². The number of nitrogens with one attached hydrogen (secondary N) is 1. The van der Waals surface area contributed by atoms with Gasteiger partial charge in [0.1, 0.15) is 6.54 Å². The van der Waals surface area contributed by atoms with E-state index in [1.165, 1.54) is 5.56 Å². The first kappa shape index (κ1) is 18.8. The molecule has 5 heteroatoms. The van der Waals surface area contributed by atoms with Crippen LogP contribution >= 0.6 is 0 Å². The van der Waals surface area contributed by atoms with Crippen molar-refractivity contribution in [1.29, 1.82) is 0 Å². The van der Waals surface area contributed by atoms with E-state index in [9.17, 15) is 9.59 Å². The van der Waals surface area contributed by atoms with Crippen LogP contribution in [0.25, 0.3) is 0 Å². The number of fused-ring (bicyclic) bond motifs is 1. The lowest BCUT2D eigenvalue weighted by Gasteiger charge is -2.37. The molecular weight excluding hydrogens is 350 g/mol. The molecule has 148 valence electrons. The molecular formula is C23H29N3O2. The van der Waals surface area contributed by atoms with Crippen molar-refractivity contribution in [3.63, 3.8) is 0 Å². The molecule has 1 fully saturated rings. The van der Waals surface area contributed by atoms with Crippen molar-refractivity contribution in [3.05, 3.63) is 59.9 Å². The van der Waals surface area contributed by atoms with E-state index in [-0.39, 0.29) is 17.9 Å². The normalized spacial score (nSPS) is 24.7. The second kappa shape index (κ2) is 8.21. The van der Waals surface area contributed by atoms with Crippen LogP contribution in [-0.2, 0) is 22.6 Å². The molecule has 1 unspecified atom stereocenters. The van der Waals surface area contributed by atoms with Crippen LogP contribution in [0.4, 0.5) is 0 Å². The zero-order valence-corrected chi connectivity index (χ0v) is 16.5. The van der Waals surface area contributed by atoms with Gasteiger partial charge in [0.05, 0.1) is 5.69 Å². The van der Waals surface area contributed by atoms with E-state index in [2.05, 4.69) is 24.4 Å². The van der Waals surface area contributed by atoms with E-state index in [0.717, 1.165) is 43.7 Å². The summed E-state index contributed by atoms with van der Waals surface area (Å²) >= 11 is 0. The molecule has 2 aliphatic rings. The Balaban J connectivity index is 1.51. The molecule has 5 nitrogen and oxygen atoms in total. The zero-order chi connectivity index (χ0) is 19.5. The fourth-order valence-corrected chi connectivity index (χ4v) is 4.47. The third-order valence-electron chi connectivity index (χ3n) is 6.18. The van der Waals surface area contributed by atoms with Crippen LogP contribution < -0.4 is 5.32 Å². The highest BCUT2D eigenvalue weighted by molar-refractivity contribution is 5.90. The number of benzene rings is 1. The van der Waals surface area contributed by atoms with Crippen LogP contribution in [0.1, 0.15) is 49.9 Å². The predicted octanol–water partition coefficient (Wildman–Crippen LogP) is 3.31. The molecule has 2 amide bonds. The quantitative estimate of drug-likeness (QED) is 0.867.